The molecule has 1 fully saturated rings. The second kappa shape index (κ2) is 6.49. The van der Waals surface area contributed by atoms with Gasteiger partial charge in [-0.3, -0.25) is 0 Å². The van der Waals surface area contributed by atoms with Gasteiger partial charge in [0.1, 0.15) is 0 Å². The smallest absolute Gasteiger partial charge is 0.168 e. The molecule has 1 heterocycles. The third-order valence-electron chi connectivity index (χ3n) is 2.19. The zero-order chi connectivity index (χ0) is 9.52. The van der Waals surface area contributed by atoms with Crippen molar-refractivity contribution >= 4 is 29.1 Å². The molecule has 0 amide bonds. The van der Waals surface area contributed by atoms with Gasteiger partial charge in [-0.2, -0.15) is 11.8 Å². The number of rotatable bonds is 4. The largest absolute Gasteiger partial charge is 0.363 e. The summed E-state index contributed by atoms with van der Waals surface area (Å²) in [5, 5.41) is 4.26. The minimum atomic E-state index is 0.957. The lowest BCUT2D eigenvalue weighted by Gasteiger charge is -2.19. The normalized spacial score (nSPS) is 16.2. The summed E-state index contributed by atoms with van der Waals surface area (Å²) in [5.41, 5.74) is 0. The van der Waals surface area contributed by atoms with Crippen LogP contribution >= 0.6 is 24.0 Å². The summed E-state index contributed by atoms with van der Waals surface area (Å²) in [4.78, 5) is 2.27. The molecular formula is C9H18N2S2. The van der Waals surface area contributed by atoms with Gasteiger partial charge < -0.3 is 10.2 Å². The number of thioether (sulfide) groups is 1. The van der Waals surface area contributed by atoms with E-state index in [1.165, 1.54) is 25.0 Å². The van der Waals surface area contributed by atoms with Crippen LogP contribution in [0.2, 0.25) is 0 Å². The van der Waals surface area contributed by atoms with Gasteiger partial charge in [-0.1, -0.05) is 0 Å². The highest BCUT2D eigenvalue weighted by Crippen LogP contribution is 2.07. The van der Waals surface area contributed by atoms with Crippen LogP contribution in [-0.4, -0.2) is 41.7 Å². The van der Waals surface area contributed by atoms with Gasteiger partial charge in [0.2, 0.25) is 0 Å². The van der Waals surface area contributed by atoms with Gasteiger partial charge >= 0.3 is 0 Å². The fourth-order valence-corrected chi connectivity index (χ4v) is 2.16. The fourth-order valence-electron chi connectivity index (χ4n) is 1.44. The second-order valence-corrected chi connectivity index (χ2v) is 4.64. The van der Waals surface area contributed by atoms with Crippen LogP contribution < -0.4 is 5.32 Å². The Morgan fingerprint density at radius 3 is 2.77 bits per heavy atom. The molecule has 0 aromatic carbocycles. The molecule has 76 valence electrons. The Kier molecular flexibility index (Phi) is 5.55. The quantitative estimate of drug-likeness (QED) is 0.570. The Morgan fingerprint density at radius 2 is 2.15 bits per heavy atom. The van der Waals surface area contributed by atoms with E-state index in [0.717, 1.165) is 24.7 Å². The summed E-state index contributed by atoms with van der Waals surface area (Å²) >= 11 is 7.16. The lowest BCUT2D eigenvalue weighted by molar-refractivity contribution is 0.506. The molecule has 1 aliphatic rings. The first kappa shape index (κ1) is 11.1. The molecular weight excluding hydrogens is 200 g/mol. The molecule has 0 saturated carbocycles. The first-order valence-electron chi connectivity index (χ1n) is 4.86. The van der Waals surface area contributed by atoms with E-state index in [1.54, 1.807) is 0 Å². The number of likely N-dealkylation sites (tertiary alicyclic amines) is 1. The number of nitrogens with zero attached hydrogens (tertiary/aromatic N) is 1. The lowest BCUT2D eigenvalue weighted by atomic mass is 10.4. The Bertz CT molecular complexity index is 156. The van der Waals surface area contributed by atoms with E-state index in [1.807, 2.05) is 11.8 Å². The summed E-state index contributed by atoms with van der Waals surface area (Å²) in [5.74, 6) is 1.22. The Morgan fingerprint density at radius 1 is 1.46 bits per heavy atom. The minimum Gasteiger partial charge on any atom is -0.363 e. The average molecular weight is 218 g/mol. The average Bonchev–Trinajstić information content (AvgIpc) is 2.65. The van der Waals surface area contributed by atoms with E-state index in [9.17, 15) is 0 Å². The highest BCUT2D eigenvalue weighted by Gasteiger charge is 2.13. The van der Waals surface area contributed by atoms with E-state index in [0.29, 0.717) is 0 Å². The molecule has 2 nitrogen and oxygen atoms in total. The van der Waals surface area contributed by atoms with Crippen LogP contribution in [0, 0.1) is 0 Å². The molecule has 0 atom stereocenters. The standard InChI is InChI=1S/C9H18N2S2/c1-13-8-4-5-10-9(12)11-6-2-3-7-11/h2-8H2,1H3,(H,10,12). The Labute approximate surface area is 90.4 Å². The maximum Gasteiger partial charge on any atom is 0.168 e. The molecule has 0 bridgehead atoms. The highest BCUT2D eigenvalue weighted by molar-refractivity contribution is 7.98. The van der Waals surface area contributed by atoms with Crippen molar-refractivity contribution in [3.05, 3.63) is 0 Å². The van der Waals surface area contributed by atoms with Crippen LogP contribution in [0.5, 0.6) is 0 Å². The number of hydrogen-bond acceptors (Lipinski definition) is 2. The zero-order valence-corrected chi connectivity index (χ0v) is 9.85. The van der Waals surface area contributed by atoms with Gasteiger partial charge in [-0.05, 0) is 43.5 Å². The summed E-state index contributed by atoms with van der Waals surface area (Å²) < 4.78 is 0. The molecule has 0 aliphatic carbocycles. The highest BCUT2D eigenvalue weighted by atomic mass is 32.2. The second-order valence-electron chi connectivity index (χ2n) is 3.27. The monoisotopic (exact) mass is 218 g/mol. The third-order valence-corrected chi connectivity index (χ3v) is 3.29. The van der Waals surface area contributed by atoms with Crippen molar-refractivity contribution in [2.24, 2.45) is 0 Å². The van der Waals surface area contributed by atoms with Gasteiger partial charge in [0.15, 0.2) is 5.11 Å². The lowest BCUT2D eigenvalue weighted by Crippen LogP contribution is -2.38. The summed E-state index contributed by atoms with van der Waals surface area (Å²) in [6.07, 6.45) is 5.94. The number of nitrogens with one attached hydrogen (secondary N) is 1. The van der Waals surface area contributed by atoms with Gasteiger partial charge in [-0.15, -0.1) is 0 Å². The molecule has 1 N–H and O–H groups in total. The van der Waals surface area contributed by atoms with E-state index in [2.05, 4.69) is 16.5 Å². The molecule has 0 unspecified atom stereocenters. The third kappa shape index (κ3) is 4.18. The van der Waals surface area contributed by atoms with Crippen molar-refractivity contribution in [1.29, 1.82) is 0 Å². The van der Waals surface area contributed by atoms with Crippen molar-refractivity contribution in [3.8, 4) is 0 Å². The first-order valence-corrected chi connectivity index (χ1v) is 6.66. The Hall–Kier alpha value is 0.0400. The van der Waals surface area contributed by atoms with Crippen LogP contribution in [0.15, 0.2) is 0 Å². The maximum absolute atomic E-state index is 5.27. The van der Waals surface area contributed by atoms with Crippen molar-refractivity contribution in [2.45, 2.75) is 19.3 Å². The molecule has 0 aromatic rings. The summed E-state index contributed by atoms with van der Waals surface area (Å²) in [6.45, 7) is 3.32. The minimum absolute atomic E-state index is 0.957. The van der Waals surface area contributed by atoms with E-state index >= 15 is 0 Å². The maximum atomic E-state index is 5.27. The molecule has 1 aliphatic heterocycles. The van der Waals surface area contributed by atoms with E-state index in [-0.39, 0.29) is 0 Å². The SMILES string of the molecule is CSCCCNC(=S)N1CCCC1. The van der Waals surface area contributed by atoms with Crippen molar-refractivity contribution < 1.29 is 0 Å². The molecule has 13 heavy (non-hydrogen) atoms. The van der Waals surface area contributed by atoms with Crippen LogP contribution in [0.4, 0.5) is 0 Å². The molecule has 0 radical (unpaired) electrons. The van der Waals surface area contributed by atoms with Gasteiger partial charge in [0, 0.05) is 19.6 Å². The zero-order valence-electron chi connectivity index (χ0n) is 8.21. The molecule has 1 saturated heterocycles. The summed E-state index contributed by atoms with van der Waals surface area (Å²) in [6, 6.07) is 0. The van der Waals surface area contributed by atoms with Crippen LogP contribution in [0.25, 0.3) is 0 Å². The number of hydrogen-bond donors (Lipinski definition) is 1. The van der Waals surface area contributed by atoms with Gasteiger partial charge in [0.25, 0.3) is 0 Å². The van der Waals surface area contributed by atoms with E-state index in [4.69, 9.17) is 12.2 Å². The van der Waals surface area contributed by atoms with Gasteiger partial charge in [-0.25, -0.2) is 0 Å². The van der Waals surface area contributed by atoms with Crippen molar-refractivity contribution in [1.82, 2.24) is 10.2 Å². The van der Waals surface area contributed by atoms with E-state index < -0.39 is 0 Å². The molecule has 1 rings (SSSR count). The van der Waals surface area contributed by atoms with Gasteiger partial charge in [0.05, 0.1) is 0 Å². The number of thiocarbonyl (C=S) groups is 1. The predicted molar refractivity (Wildman–Crippen MR) is 64.4 cm³/mol. The molecule has 0 spiro atoms. The molecule has 0 aromatic heterocycles. The van der Waals surface area contributed by atoms with Crippen LogP contribution in [-0.2, 0) is 0 Å². The van der Waals surface area contributed by atoms with Crippen molar-refractivity contribution in [2.75, 3.05) is 31.6 Å². The molecule has 4 heteroatoms. The Balaban J connectivity index is 2.03. The summed E-state index contributed by atoms with van der Waals surface area (Å²) in [7, 11) is 0. The fraction of sp³-hybridized carbons (Fsp3) is 0.889. The predicted octanol–water partition coefficient (Wildman–Crippen LogP) is 1.71. The van der Waals surface area contributed by atoms with Crippen molar-refractivity contribution in [3.63, 3.8) is 0 Å². The van der Waals surface area contributed by atoms with Crippen LogP contribution in [0.3, 0.4) is 0 Å². The first-order chi connectivity index (χ1) is 6.34. The topological polar surface area (TPSA) is 15.3 Å². The van der Waals surface area contributed by atoms with Crippen LogP contribution in [0.1, 0.15) is 19.3 Å².